The van der Waals surface area contributed by atoms with Gasteiger partial charge in [0.1, 0.15) is 6.61 Å². The summed E-state index contributed by atoms with van der Waals surface area (Å²) in [7, 11) is 0. The Bertz CT molecular complexity index is 364. The van der Waals surface area contributed by atoms with E-state index in [0.29, 0.717) is 30.8 Å². The maximum atomic E-state index is 11.7. The molecule has 2 unspecified atom stereocenters. The van der Waals surface area contributed by atoms with Crippen molar-refractivity contribution in [3.8, 4) is 0 Å². The van der Waals surface area contributed by atoms with Gasteiger partial charge >= 0.3 is 5.97 Å². The maximum absolute atomic E-state index is 11.7. The van der Waals surface area contributed by atoms with E-state index in [2.05, 4.69) is 13.8 Å². The lowest BCUT2D eigenvalue weighted by molar-refractivity contribution is -0.148. The largest absolute Gasteiger partial charge is 0.461 e. The molecule has 1 saturated carbocycles. The minimum atomic E-state index is -0.0581. The van der Waals surface area contributed by atoms with Crippen molar-refractivity contribution in [3.05, 3.63) is 35.9 Å². The van der Waals surface area contributed by atoms with Crippen molar-refractivity contribution < 1.29 is 9.53 Å². The van der Waals surface area contributed by atoms with Crippen molar-refractivity contribution in [3.63, 3.8) is 0 Å². The molecule has 0 N–H and O–H groups in total. The van der Waals surface area contributed by atoms with Crippen LogP contribution < -0.4 is 0 Å². The van der Waals surface area contributed by atoms with Gasteiger partial charge in [0.05, 0.1) is 0 Å². The first-order valence-corrected chi connectivity index (χ1v) is 6.36. The van der Waals surface area contributed by atoms with Crippen molar-refractivity contribution >= 4 is 5.97 Å². The van der Waals surface area contributed by atoms with Crippen LogP contribution in [-0.2, 0) is 16.1 Å². The molecule has 0 saturated heterocycles. The Morgan fingerprint density at radius 3 is 2.47 bits per heavy atom. The fourth-order valence-electron chi connectivity index (χ4n) is 2.69. The predicted molar refractivity (Wildman–Crippen MR) is 67.3 cm³/mol. The van der Waals surface area contributed by atoms with Crippen LogP contribution >= 0.6 is 0 Å². The molecule has 0 spiro atoms. The lowest BCUT2D eigenvalue weighted by atomic mass is 9.65. The minimum Gasteiger partial charge on any atom is -0.461 e. The van der Waals surface area contributed by atoms with Crippen LogP contribution in [-0.4, -0.2) is 5.97 Å². The number of carbonyl (C=O) groups is 1. The molecular formula is C15H20O2. The second kappa shape index (κ2) is 5.35. The van der Waals surface area contributed by atoms with Crippen LogP contribution in [0.3, 0.4) is 0 Å². The zero-order valence-corrected chi connectivity index (χ0v) is 10.6. The Balaban J connectivity index is 1.75. The number of carbonyl (C=O) groups excluding carboxylic acids is 1. The van der Waals surface area contributed by atoms with Gasteiger partial charge in [0.25, 0.3) is 0 Å². The van der Waals surface area contributed by atoms with Crippen molar-refractivity contribution in [2.45, 2.75) is 33.3 Å². The smallest absolute Gasteiger partial charge is 0.306 e. The Hall–Kier alpha value is -1.31. The van der Waals surface area contributed by atoms with E-state index in [9.17, 15) is 4.79 Å². The molecule has 2 heteroatoms. The summed E-state index contributed by atoms with van der Waals surface area (Å²) in [6, 6.07) is 9.82. The third kappa shape index (κ3) is 3.09. The zero-order valence-electron chi connectivity index (χ0n) is 10.6. The molecule has 2 nitrogen and oxygen atoms in total. The number of benzene rings is 1. The van der Waals surface area contributed by atoms with E-state index in [1.165, 1.54) is 6.42 Å². The highest BCUT2D eigenvalue weighted by atomic mass is 16.5. The summed E-state index contributed by atoms with van der Waals surface area (Å²) in [6.45, 7) is 4.83. The van der Waals surface area contributed by atoms with Crippen molar-refractivity contribution in [1.29, 1.82) is 0 Å². The summed E-state index contributed by atoms with van der Waals surface area (Å²) in [6.07, 6.45) is 1.83. The first-order valence-electron chi connectivity index (χ1n) is 6.36. The first kappa shape index (κ1) is 12.2. The summed E-state index contributed by atoms with van der Waals surface area (Å²) in [5.74, 6) is 1.82. The molecule has 1 fully saturated rings. The van der Waals surface area contributed by atoms with Crippen LogP contribution in [0.25, 0.3) is 0 Å². The number of esters is 1. The number of hydrogen-bond donors (Lipinski definition) is 0. The highest BCUT2D eigenvalue weighted by Crippen LogP contribution is 2.41. The second-order valence-corrected chi connectivity index (χ2v) is 5.20. The lowest BCUT2D eigenvalue weighted by Crippen LogP contribution is -2.34. The summed E-state index contributed by atoms with van der Waals surface area (Å²) in [4.78, 5) is 11.7. The number of hydrogen-bond acceptors (Lipinski definition) is 2. The summed E-state index contributed by atoms with van der Waals surface area (Å²) >= 11 is 0. The average molecular weight is 232 g/mol. The molecule has 0 amide bonds. The topological polar surface area (TPSA) is 26.3 Å². The van der Waals surface area contributed by atoms with Crippen LogP contribution in [0.1, 0.15) is 32.3 Å². The SMILES string of the molecule is CC1CC(C)C1CC(=O)OCc1ccccc1. The quantitative estimate of drug-likeness (QED) is 0.744. The average Bonchev–Trinajstić information content (AvgIpc) is 2.35. The van der Waals surface area contributed by atoms with E-state index < -0.39 is 0 Å². The third-order valence-corrected chi connectivity index (χ3v) is 3.85. The van der Waals surface area contributed by atoms with Gasteiger partial charge in [-0.2, -0.15) is 0 Å². The van der Waals surface area contributed by atoms with Gasteiger partial charge in [0.2, 0.25) is 0 Å². The van der Waals surface area contributed by atoms with Crippen LogP contribution in [0.15, 0.2) is 30.3 Å². The van der Waals surface area contributed by atoms with Crippen molar-refractivity contribution in [1.82, 2.24) is 0 Å². The van der Waals surface area contributed by atoms with Gasteiger partial charge in [0.15, 0.2) is 0 Å². The number of rotatable bonds is 4. The summed E-state index contributed by atoms with van der Waals surface area (Å²) in [5, 5.41) is 0. The molecule has 1 aromatic rings. The fourth-order valence-corrected chi connectivity index (χ4v) is 2.69. The van der Waals surface area contributed by atoms with E-state index in [1.54, 1.807) is 0 Å². The van der Waals surface area contributed by atoms with Crippen molar-refractivity contribution in [2.24, 2.45) is 17.8 Å². The standard InChI is InChI=1S/C15H20O2/c1-11-8-12(2)14(11)9-15(16)17-10-13-6-4-3-5-7-13/h3-7,11-12,14H,8-10H2,1-2H3. The second-order valence-electron chi connectivity index (χ2n) is 5.20. The molecule has 2 rings (SSSR count). The van der Waals surface area contributed by atoms with Crippen LogP contribution in [0.4, 0.5) is 0 Å². The third-order valence-electron chi connectivity index (χ3n) is 3.85. The normalized spacial score (nSPS) is 27.3. The molecule has 1 aliphatic rings. The lowest BCUT2D eigenvalue weighted by Gasteiger charge is -2.40. The molecule has 0 radical (unpaired) electrons. The highest BCUT2D eigenvalue weighted by Gasteiger charge is 2.36. The zero-order chi connectivity index (χ0) is 12.3. The van der Waals surface area contributed by atoms with Crippen LogP contribution in [0.2, 0.25) is 0 Å². The summed E-state index contributed by atoms with van der Waals surface area (Å²) < 4.78 is 5.29. The molecule has 92 valence electrons. The Morgan fingerprint density at radius 2 is 1.88 bits per heavy atom. The van der Waals surface area contributed by atoms with E-state index in [4.69, 9.17) is 4.74 Å². The first-order chi connectivity index (χ1) is 8.16. The maximum Gasteiger partial charge on any atom is 0.306 e. The number of ether oxygens (including phenoxy) is 1. The van der Waals surface area contributed by atoms with Gasteiger partial charge < -0.3 is 4.74 Å². The molecule has 0 aliphatic heterocycles. The van der Waals surface area contributed by atoms with E-state index in [0.717, 1.165) is 5.56 Å². The van der Waals surface area contributed by atoms with E-state index >= 15 is 0 Å². The molecule has 0 aromatic heterocycles. The van der Waals surface area contributed by atoms with E-state index in [-0.39, 0.29) is 5.97 Å². The fraction of sp³-hybridized carbons (Fsp3) is 0.533. The molecule has 2 atom stereocenters. The van der Waals surface area contributed by atoms with Gasteiger partial charge in [0, 0.05) is 6.42 Å². The minimum absolute atomic E-state index is 0.0581. The van der Waals surface area contributed by atoms with Gasteiger partial charge in [-0.15, -0.1) is 0 Å². The van der Waals surface area contributed by atoms with Crippen LogP contribution in [0, 0.1) is 17.8 Å². The van der Waals surface area contributed by atoms with Gasteiger partial charge in [-0.1, -0.05) is 44.2 Å². The molecule has 17 heavy (non-hydrogen) atoms. The van der Waals surface area contributed by atoms with Crippen molar-refractivity contribution in [2.75, 3.05) is 0 Å². The summed E-state index contributed by atoms with van der Waals surface area (Å²) in [5.41, 5.74) is 1.05. The monoisotopic (exact) mass is 232 g/mol. The molecule has 1 aromatic carbocycles. The predicted octanol–water partition coefficient (Wildman–Crippen LogP) is 3.41. The van der Waals surface area contributed by atoms with Gasteiger partial charge in [-0.05, 0) is 29.7 Å². The molecule has 0 heterocycles. The van der Waals surface area contributed by atoms with E-state index in [1.807, 2.05) is 30.3 Å². The molecular weight excluding hydrogens is 212 g/mol. The Morgan fingerprint density at radius 1 is 1.24 bits per heavy atom. The molecule has 1 aliphatic carbocycles. The van der Waals surface area contributed by atoms with Gasteiger partial charge in [-0.3, -0.25) is 4.79 Å². The van der Waals surface area contributed by atoms with Crippen LogP contribution in [0.5, 0.6) is 0 Å². The van der Waals surface area contributed by atoms with Gasteiger partial charge in [-0.25, -0.2) is 0 Å². The highest BCUT2D eigenvalue weighted by molar-refractivity contribution is 5.69. The molecule has 0 bridgehead atoms. The Kier molecular flexibility index (Phi) is 3.82. The Labute approximate surface area is 103 Å².